The van der Waals surface area contributed by atoms with Crippen LogP contribution in [0.25, 0.3) is 0 Å². The minimum atomic E-state index is -3.66. The fourth-order valence-corrected chi connectivity index (χ4v) is 2.45. The minimum Gasteiger partial charge on any atom is -0.328 e. The summed E-state index contributed by atoms with van der Waals surface area (Å²) in [6.45, 7) is 2.02. The number of nitrogens with two attached hydrogens (primary N) is 1. The molecule has 1 aromatic carbocycles. The van der Waals surface area contributed by atoms with E-state index in [-0.39, 0.29) is 22.0 Å². The summed E-state index contributed by atoms with van der Waals surface area (Å²) in [5, 5.41) is 0. The van der Waals surface area contributed by atoms with Crippen molar-refractivity contribution in [1.82, 2.24) is 4.72 Å². The first-order valence-corrected chi connectivity index (χ1v) is 7.31. The summed E-state index contributed by atoms with van der Waals surface area (Å²) in [6, 6.07) is 3.58. The summed E-state index contributed by atoms with van der Waals surface area (Å²) < 4.78 is 39.3. The van der Waals surface area contributed by atoms with Gasteiger partial charge in [0.05, 0.1) is 9.37 Å². The van der Waals surface area contributed by atoms with Gasteiger partial charge in [-0.05, 0) is 47.5 Å². The molecule has 0 spiro atoms. The molecule has 0 aliphatic heterocycles. The van der Waals surface area contributed by atoms with Crippen LogP contribution in [-0.4, -0.2) is 21.0 Å². The average Bonchev–Trinajstić information content (AvgIpc) is 2.21. The van der Waals surface area contributed by atoms with Crippen molar-refractivity contribution < 1.29 is 12.8 Å². The Bertz CT molecular complexity index is 491. The molecular formula is C10H14BrFN2O2S. The number of nitrogens with one attached hydrogen (secondary N) is 1. The summed E-state index contributed by atoms with van der Waals surface area (Å²) in [7, 11) is -3.66. The third kappa shape index (κ3) is 4.34. The molecule has 0 fully saturated rings. The van der Waals surface area contributed by atoms with E-state index in [9.17, 15) is 12.8 Å². The van der Waals surface area contributed by atoms with E-state index < -0.39 is 15.8 Å². The molecule has 96 valence electrons. The first-order valence-electron chi connectivity index (χ1n) is 5.03. The lowest BCUT2D eigenvalue weighted by molar-refractivity contribution is 0.568. The number of hydrogen-bond acceptors (Lipinski definition) is 3. The molecule has 0 radical (unpaired) electrons. The molecule has 1 unspecified atom stereocenters. The molecule has 0 amide bonds. The SMILES string of the molecule is CC(N)CCNS(=O)(=O)c1ccc(Br)c(F)c1. The van der Waals surface area contributed by atoms with Crippen molar-refractivity contribution in [3.63, 3.8) is 0 Å². The number of benzene rings is 1. The summed E-state index contributed by atoms with van der Waals surface area (Å²) in [5.41, 5.74) is 5.50. The van der Waals surface area contributed by atoms with E-state index in [0.717, 1.165) is 6.07 Å². The van der Waals surface area contributed by atoms with Crippen molar-refractivity contribution >= 4 is 26.0 Å². The maximum absolute atomic E-state index is 13.2. The summed E-state index contributed by atoms with van der Waals surface area (Å²) in [6.07, 6.45) is 0.526. The molecule has 0 bridgehead atoms. The van der Waals surface area contributed by atoms with Gasteiger partial charge in [0.25, 0.3) is 0 Å². The maximum Gasteiger partial charge on any atom is 0.240 e. The Balaban J connectivity index is 2.79. The Morgan fingerprint density at radius 1 is 1.53 bits per heavy atom. The highest BCUT2D eigenvalue weighted by Crippen LogP contribution is 2.19. The van der Waals surface area contributed by atoms with Crippen molar-refractivity contribution in [2.24, 2.45) is 5.73 Å². The lowest BCUT2D eigenvalue weighted by Crippen LogP contribution is -2.29. The number of rotatable bonds is 5. The van der Waals surface area contributed by atoms with Crippen molar-refractivity contribution in [2.45, 2.75) is 24.3 Å². The number of halogens is 2. The van der Waals surface area contributed by atoms with Crippen LogP contribution in [0.15, 0.2) is 27.6 Å². The zero-order valence-electron chi connectivity index (χ0n) is 9.28. The van der Waals surface area contributed by atoms with Gasteiger partial charge < -0.3 is 5.73 Å². The van der Waals surface area contributed by atoms with E-state index in [1.807, 2.05) is 0 Å². The van der Waals surface area contributed by atoms with Gasteiger partial charge in [0.1, 0.15) is 5.82 Å². The predicted molar refractivity (Wildman–Crippen MR) is 67.6 cm³/mol. The molecule has 7 heteroatoms. The molecule has 4 nitrogen and oxygen atoms in total. The lowest BCUT2D eigenvalue weighted by Gasteiger charge is -2.08. The molecular weight excluding hydrogens is 311 g/mol. The third-order valence-electron chi connectivity index (χ3n) is 2.09. The third-order valence-corrected chi connectivity index (χ3v) is 4.19. The van der Waals surface area contributed by atoms with Crippen molar-refractivity contribution in [3.8, 4) is 0 Å². The monoisotopic (exact) mass is 324 g/mol. The zero-order valence-corrected chi connectivity index (χ0v) is 11.7. The highest BCUT2D eigenvalue weighted by Gasteiger charge is 2.15. The normalized spacial score (nSPS) is 13.6. The Morgan fingerprint density at radius 2 is 2.18 bits per heavy atom. The van der Waals surface area contributed by atoms with E-state index in [0.29, 0.717) is 6.42 Å². The molecule has 1 rings (SSSR count). The van der Waals surface area contributed by atoms with Crippen molar-refractivity contribution in [1.29, 1.82) is 0 Å². The quantitative estimate of drug-likeness (QED) is 0.864. The van der Waals surface area contributed by atoms with Gasteiger partial charge in [-0.1, -0.05) is 0 Å². The first kappa shape index (κ1) is 14.6. The van der Waals surface area contributed by atoms with Gasteiger partial charge in [-0.3, -0.25) is 0 Å². The van der Waals surface area contributed by atoms with Crippen LogP contribution >= 0.6 is 15.9 Å². The Labute approximate surface area is 109 Å². The maximum atomic E-state index is 13.2. The second kappa shape index (κ2) is 5.90. The van der Waals surface area contributed by atoms with Gasteiger partial charge in [-0.25, -0.2) is 17.5 Å². The molecule has 3 N–H and O–H groups in total. The van der Waals surface area contributed by atoms with E-state index in [1.165, 1.54) is 12.1 Å². The average molecular weight is 325 g/mol. The highest BCUT2D eigenvalue weighted by atomic mass is 79.9. The number of sulfonamides is 1. The minimum absolute atomic E-state index is 0.0839. The largest absolute Gasteiger partial charge is 0.328 e. The smallest absolute Gasteiger partial charge is 0.240 e. The van der Waals surface area contributed by atoms with Gasteiger partial charge in [0.15, 0.2) is 0 Å². The van der Waals surface area contributed by atoms with Gasteiger partial charge in [-0.15, -0.1) is 0 Å². The summed E-state index contributed by atoms with van der Waals surface area (Å²) >= 11 is 2.96. The molecule has 0 aliphatic carbocycles. The van der Waals surface area contributed by atoms with Crippen molar-refractivity contribution in [3.05, 3.63) is 28.5 Å². The predicted octanol–water partition coefficient (Wildman–Crippen LogP) is 1.60. The summed E-state index contributed by atoms with van der Waals surface area (Å²) in [5.74, 6) is -0.611. The Morgan fingerprint density at radius 3 is 2.71 bits per heavy atom. The number of hydrogen-bond donors (Lipinski definition) is 2. The molecule has 0 saturated heterocycles. The van der Waals surface area contributed by atoms with Gasteiger partial charge in [0, 0.05) is 12.6 Å². The molecule has 0 saturated carbocycles. The van der Waals surface area contributed by atoms with E-state index in [1.54, 1.807) is 6.92 Å². The van der Waals surface area contributed by atoms with E-state index >= 15 is 0 Å². The molecule has 1 atom stereocenters. The standard InChI is InChI=1S/C10H14BrFN2O2S/c1-7(13)4-5-14-17(15,16)8-2-3-9(11)10(12)6-8/h2-3,6-7,14H,4-5,13H2,1H3. The lowest BCUT2D eigenvalue weighted by atomic mass is 10.3. The van der Waals surface area contributed by atoms with Crippen molar-refractivity contribution in [2.75, 3.05) is 6.54 Å². The van der Waals surface area contributed by atoms with E-state index in [4.69, 9.17) is 5.73 Å². The van der Waals surface area contributed by atoms with Crippen LogP contribution in [0.1, 0.15) is 13.3 Å². The summed E-state index contributed by atoms with van der Waals surface area (Å²) in [4.78, 5) is -0.0946. The Hall–Kier alpha value is -0.500. The Kier molecular flexibility index (Phi) is 5.05. The molecule has 0 aliphatic rings. The van der Waals surface area contributed by atoms with Gasteiger partial charge >= 0.3 is 0 Å². The van der Waals surface area contributed by atoms with Crippen LogP contribution in [0.3, 0.4) is 0 Å². The molecule has 17 heavy (non-hydrogen) atoms. The zero-order chi connectivity index (χ0) is 13.1. The second-order valence-corrected chi connectivity index (χ2v) is 6.36. The molecule has 1 aromatic rings. The van der Waals surface area contributed by atoms with Crippen LogP contribution in [0, 0.1) is 5.82 Å². The van der Waals surface area contributed by atoms with Gasteiger partial charge in [-0.2, -0.15) is 0 Å². The fourth-order valence-electron chi connectivity index (χ4n) is 1.15. The molecule has 0 heterocycles. The van der Waals surface area contributed by atoms with Gasteiger partial charge in [0.2, 0.25) is 10.0 Å². The first-order chi connectivity index (χ1) is 7.83. The highest BCUT2D eigenvalue weighted by molar-refractivity contribution is 9.10. The van der Waals surface area contributed by atoms with Crippen LogP contribution in [0.2, 0.25) is 0 Å². The fraction of sp³-hybridized carbons (Fsp3) is 0.400. The van der Waals surface area contributed by atoms with Crippen LogP contribution in [0.4, 0.5) is 4.39 Å². The second-order valence-electron chi connectivity index (χ2n) is 3.74. The molecule has 0 aromatic heterocycles. The van der Waals surface area contributed by atoms with Crippen LogP contribution < -0.4 is 10.5 Å². The van der Waals surface area contributed by atoms with Crippen LogP contribution in [0.5, 0.6) is 0 Å². The van der Waals surface area contributed by atoms with Crippen LogP contribution in [-0.2, 0) is 10.0 Å². The topological polar surface area (TPSA) is 72.2 Å². The van der Waals surface area contributed by atoms with E-state index in [2.05, 4.69) is 20.7 Å².